The highest BCUT2D eigenvalue weighted by molar-refractivity contribution is 5.78. The number of rotatable bonds is 8. The Morgan fingerprint density at radius 3 is 2.66 bits per heavy atom. The second-order valence-electron chi connectivity index (χ2n) is 8.64. The van der Waals surface area contributed by atoms with Gasteiger partial charge in [-0.3, -0.25) is 9.59 Å². The molecule has 184 valence electrons. The van der Waals surface area contributed by atoms with Crippen LogP contribution in [0.1, 0.15) is 37.7 Å². The van der Waals surface area contributed by atoms with Crippen molar-refractivity contribution >= 4 is 17.6 Å². The van der Waals surface area contributed by atoms with Crippen LogP contribution >= 0.6 is 0 Å². The van der Waals surface area contributed by atoms with E-state index < -0.39 is 0 Å². The molecule has 2 aromatic heterocycles. The molecule has 0 aliphatic carbocycles. The number of aromatic nitrogens is 4. The number of ether oxygens (including phenoxy) is 1. The smallest absolute Gasteiger partial charge is 0.222 e. The maximum Gasteiger partial charge on any atom is 0.222 e. The summed E-state index contributed by atoms with van der Waals surface area (Å²) in [6.07, 6.45) is 7.27. The maximum atomic E-state index is 13.0. The first-order chi connectivity index (χ1) is 16.9. The molecule has 0 saturated carbocycles. The molecule has 1 N–H and O–H groups in total. The molecule has 1 saturated heterocycles. The Bertz CT molecular complexity index is 1130. The number of methoxy groups -OCH3 is 1. The van der Waals surface area contributed by atoms with Gasteiger partial charge in [0.2, 0.25) is 11.8 Å². The minimum absolute atomic E-state index is 0.00476. The molecule has 1 aliphatic rings. The molecule has 0 bridgehead atoms. The van der Waals surface area contributed by atoms with Gasteiger partial charge in [0.05, 0.1) is 32.1 Å². The molecular formula is C25H31N7O3. The number of hydrogen-bond acceptors (Lipinski definition) is 7. The van der Waals surface area contributed by atoms with Gasteiger partial charge in [0.1, 0.15) is 17.4 Å². The van der Waals surface area contributed by atoms with Crippen LogP contribution in [0.2, 0.25) is 0 Å². The predicted molar refractivity (Wildman–Crippen MR) is 131 cm³/mol. The van der Waals surface area contributed by atoms with Gasteiger partial charge in [-0.25, -0.2) is 15.0 Å². The minimum atomic E-state index is -0.202. The van der Waals surface area contributed by atoms with Crippen molar-refractivity contribution in [3.05, 3.63) is 66.6 Å². The number of hydrogen-bond donors (Lipinski definition) is 1. The van der Waals surface area contributed by atoms with Crippen molar-refractivity contribution in [1.82, 2.24) is 29.7 Å². The van der Waals surface area contributed by atoms with Crippen LogP contribution in [-0.4, -0.2) is 69.0 Å². The zero-order valence-corrected chi connectivity index (χ0v) is 20.3. The highest BCUT2D eigenvalue weighted by Gasteiger charge is 2.31. The molecule has 3 heterocycles. The summed E-state index contributed by atoms with van der Waals surface area (Å²) in [5.41, 5.74) is 0.991. The number of anilines is 1. The second kappa shape index (κ2) is 11.0. The van der Waals surface area contributed by atoms with Crippen LogP contribution in [0.5, 0.6) is 5.75 Å². The van der Waals surface area contributed by atoms with Crippen molar-refractivity contribution < 1.29 is 14.3 Å². The first-order valence-corrected chi connectivity index (χ1v) is 11.7. The van der Waals surface area contributed by atoms with E-state index in [1.807, 2.05) is 48.0 Å². The van der Waals surface area contributed by atoms with Gasteiger partial charge in [-0.05, 0) is 30.7 Å². The van der Waals surface area contributed by atoms with Gasteiger partial charge in [-0.15, -0.1) is 0 Å². The van der Waals surface area contributed by atoms with E-state index >= 15 is 0 Å². The number of carbonyl (C=O) groups excluding carboxylic acids is 2. The van der Waals surface area contributed by atoms with Crippen molar-refractivity contribution in [1.29, 1.82) is 0 Å². The molecule has 2 atom stereocenters. The van der Waals surface area contributed by atoms with Crippen LogP contribution in [0.15, 0.2) is 55.2 Å². The minimum Gasteiger partial charge on any atom is -0.497 e. The highest BCUT2D eigenvalue weighted by atomic mass is 16.5. The summed E-state index contributed by atoms with van der Waals surface area (Å²) in [4.78, 5) is 42.2. The molecule has 1 aromatic carbocycles. The highest BCUT2D eigenvalue weighted by Crippen LogP contribution is 2.22. The Balaban J connectivity index is 1.47. The number of nitrogens with one attached hydrogen (secondary N) is 1. The molecule has 4 rings (SSSR count). The molecule has 1 aliphatic heterocycles. The number of nitrogens with zero attached hydrogens (tertiary/aromatic N) is 6. The Morgan fingerprint density at radius 2 is 1.97 bits per heavy atom. The van der Waals surface area contributed by atoms with Gasteiger partial charge in [0.15, 0.2) is 0 Å². The number of piperazine rings is 1. The van der Waals surface area contributed by atoms with Gasteiger partial charge in [0.25, 0.3) is 0 Å². The molecule has 1 fully saturated rings. The summed E-state index contributed by atoms with van der Waals surface area (Å²) in [5, 5.41) is 3.09. The van der Waals surface area contributed by atoms with Crippen molar-refractivity contribution in [3.8, 4) is 5.75 Å². The Morgan fingerprint density at radius 1 is 1.17 bits per heavy atom. The van der Waals surface area contributed by atoms with Crippen molar-refractivity contribution in [2.75, 3.05) is 31.6 Å². The molecule has 2 amide bonds. The van der Waals surface area contributed by atoms with E-state index in [-0.39, 0.29) is 30.3 Å². The Kier molecular flexibility index (Phi) is 7.59. The van der Waals surface area contributed by atoms with Gasteiger partial charge in [0, 0.05) is 51.6 Å². The fraction of sp³-hybridized carbons (Fsp3) is 0.400. The topological polar surface area (TPSA) is 105 Å². The fourth-order valence-corrected chi connectivity index (χ4v) is 4.28. The molecular weight excluding hydrogens is 446 g/mol. The quantitative estimate of drug-likeness (QED) is 0.529. The number of imidazole rings is 1. The Labute approximate surface area is 205 Å². The molecule has 10 heteroatoms. The van der Waals surface area contributed by atoms with E-state index in [2.05, 4.69) is 20.2 Å². The summed E-state index contributed by atoms with van der Waals surface area (Å²) in [5.74, 6) is 2.10. The van der Waals surface area contributed by atoms with Crippen molar-refractivity contribution in [2.45, 2.75) is 38.9 Å². The maximum absolute atomic E-state index is 13.0. The third-order valence-corrected chi connectivity index (χ3v) is 6.21. The molecule has 35 heavy (non-hydrogen) atoms. The summed E-state index contributed by atoms with van der Waals surface area (Å²) < 4.78 is 7.11. The van der Waals surface area contributed by atoms with E-state index in [0.29, 0.717) is 32.0 Å². The van der Waals surface area contributed by atoms with Crippen LogP contribution in [0.3, 0.4) is 0 Å². The first-order valence-electron chi connectivity index (χ1n) is 11.7. The lowest BCUT2D eigenvalue weighted by Gasteiger charge is -2.41. The van der Waals surface area contributed by atoms with Crippen LogP contribution < -0.4 is 15.0 Å². The third kappa shape index (κ3) is 6.14. The van der Waals surface area contributed by atoms with E-state index in [0.717, 1.165) is 17.1 Å². The summed E-state index contributed by atoms with van der Waals surface area (Å²) in [6.45, 7) is 5.65. The lowest BCUT2D eigenvalue weighted by Crippen LogP contribution is -2.56. The van der Waals surface area contributed by atoms with Crippen LogP contribution in [0.25, 0.3) is 0 Å². The normalized spacial score (nSPS) is 16.6. The number of benzene rings is 1. The third-order valence-electron chi connectivity index (χ3n) is 6.21. The van der Waals surface area contributed by atoms with E-state index in [1.54, 1.807) is 37.7 Å². The second-order valence-corrected chi connectivity index (χ2v) is 8.64. The van der Waals surface area contributed by atoms with E-state index in [1.165, 1.54) is 0 Å². The summed E-state index contributed by atoms with van der Waals surface area (Å²) in [6, 6.07) is 9.13. The van der Waals surface area contributed by atoms with E-state index in [4.69, 9.17) is 9.72 Å². The van der Waals surface area contributed by atoms with Crippen molar-refractivity contribution in [2.24, 2.45) is 0 Å². The molecule has 3 aromatic rings. The van der Waals surface area contributed by atoms with Gasteiger partial charge >= 0.3 is 0 Å². The molecule has 2 unspecified atom stereocenters. The zero-order chi connectivity index (χ0) is 24.8. The lowest BCUT2D eigenvalue weighted by molar-refractivity contribution is -0.130. The van der Waals surface area contributed by atoms with Gasteiger partial charge in [-0.1, -0.05) is 12.1 Å². The van der Waals surface area contributed by atoms with Crippen LogP contribution in [-0.2, 0) is 16.1 Å². The zero-order valence-electron chi connectivity index (χ0n) is 20.3. The SMILES string of the molecule is COc1ccc(C(C)NC(=O)CC2CN(C(C)=O)CCN2c2ccnc(Cn3ccnc3)n2)cc1. The summed E-state index contributed by atoms with van der Waals surface area (Å²) in [7, 11) is 1.62. The van der Waals surface area contributed by atoms with Gasteiger partial charge in [-0.2, -0.15) is 0 Å². The average Bonchev–Trinajstić information content (AvgIpc) is 3.37. The Hall–Kier alpha value is -3.95. The van der Waals surface area contributed by atoms with Crippen LogP contribution in [0, 0.1) is 0 Å². The fourth-order valence-electron chi connectivity index (χ4n) is 4.28. The molecule has 10 nitrogen and oxygen atoms in total. The lowest BCUT2D eigenvalue weighted by atomic mass is 10.1. The average molecular weight is 478 g/mol. The largest absolute Gasteiger partial charge is 0.497 e. The number of amides is 2. The predicted octanol–water partition coefficient (Wildman–Crippen LogP) is 2.03. The van der Waals surface area contributed by atoms with E-state index in [9.17, 15) is 9.59 Å². The molecule has 0 spiro atoms. The first kappa shape index (κ1) is 24.2. The monoisotopic (exact) mass is 477 g/mol. The summed E-state index contributed by atoms with van der Waals surface area (Å²) >= 11 is 0. The molecule has 0 radical (unpaired) electrons. The number of carbonyl (C=O) groups is 2. The van der Waals surface area contributed by atoms with Crippen molar-refractivity contribution in [3.63, 3.8) is 0 Å². The van der Waals surface area contributed by atoms with Gasteiger partial charge < -0.3 is 24.4 Å². The standard InChI is InChI=1S/C25H31N7O3/c1-18(20-4-6-22(35-3)7-5-20)28-25(34)14-21-15-31(19(2)33)12-13-32(21)24-8-9-27-23(29-24)16-30-11-10-26-17-30/h4-11,17-18,21H,12-16H2,1-3H3,(H,28,34). The van der Waals surface area contributed by atoms with Crippen LogP contribution in [0.4, 0.5) is 5.82 Å².